The maximum atomic E-state index is 13.4. The highest BCUT2D eigenvalue weighted by atomic mass is 79.9. The van der Waals surface area contributed by atoms with Gasteiger partial charge in [0.05, 0.1) is 11.6 Å². The lowest BCUT2D eigenvalue weighted by Crippen LogP contribution is -1.98. The van der Waals surface area contributed by atoms with E-state index in [4.69, 9.17) is 9.47 Å². The van der Waals surface area contributed by atoms with Crippen LogP contribution >= 0.6 is 15.9 Å². The van der Waals surface area contributed by atoms with Gasteiger partial charge in [0.25, 0.3) is 0 Å². The molecule has 0 radical (unpaired) electrons. The van der Waals surface area contributed by atoms with Gasteiger partial charge in [-0.2, -0.15) is 0 Å². The third-order valence-electron chi connectivity index (χ3n) is 2.50. The Morgan fingerprint density at radius 1 is 1.05 bits per heavy atom. The van der Waals surface area contributed by atoms with Gasteiger partial charge in [-0.15, -0.1) is 0 Å². The zero-order valence-electron chi connectivity index (χ0n) is 10.1. The van der Waals surface area contributed by atoms with E-state index >= 15 is 0 Å². The van der Waals surface area contributed by atoms with Gasteiger partial charge >= 0.3 is 0 Å². The molecule has 5 heteroatoms. The highest BCUT2D eigenvalue weighted by molar-refractivity contribution is 9.10. The predicted molar refractivity (Wildman–Crippen MR) is 71.4 cm³/mol. The summed E-state index contributed by atoms with van der Waals surface area (Å²) in [5, 5.41) is 0. The van der Waals surface area contributed by atoms with E-state index in [-0.39, 0.29) is 12.4 Å². The van der Waals surface area contributed by atoms with Crippen LogP contribution < -0.4 is 9.47 Å². The van der Waals surface area contributed by atoms with Crippen LogP contribution in [0.4, 0.5) is 8.78 Å². The first kappa shape index (κ1) is 13.8. The number of ether oxygens (including phenoxy) is 2. The highest BCUT2D eigenvalue weighted by Crippen LogP contribution is 2.26. The summed E-state index contributed by atoms with van der Waals surface area (Å²) in [6.45, 7) is 0.186. The van der Waals surface area contributed by atoms with E-state index in [0.717, 1.165) is 22.2 Å². The Hall–Kier alpha value is -1.62. The predicted octanol–water partition coefficient (Wildman–Crippen LogP) is 4.31. The number of methoxy groups -OCH3 is 1. The molecule has 0 aliphatic rings. The van der Waals surface area contributed by atoms with Crippen LogP contribution in [0.5, 0.6) is 11.5 Å². The molecule has 0 amide bonds. The van der Waals surface area contributed by atoms with Crippen molar-refractivity contribution in [3.8, 4) is 11.5 Å². The van der Waals surface area contributed by atoms with Gasteiger partial charge in [0.2, 0.25) is 0 Å². The van der Waals surface area contributed by atoms with Gasteiger partial charge in [0, 0.05) is 6.07 Å². The Morgan fingerprint density at radius 3 is 2.42 bits per heavy atom. The van der Waals surface area contributed by atoms with Crippen molar-refractivity contribution in [3.05, 3.63) is 58.1 Å². The molecule has 2 aromatic rings. The van der Waals surface area contributed by atoms with Crippen molar-refractivity contribution in [1.29, 1.82) is 0 Å². The molecule has 0 saturated heterocycles. The molecule has 0 spiro atoms. The minimum absolute atomic E-state index is 0.0216. The third kappa shape index (κ3) is 3.44. The van der Waals surface area contributed by atoms with Crippen LogP contribution in [-0.2, 0) is 6.61 Å². The lowest BCUT2D eigenvalue weighted by molar-refractivity contribution is 0.289. The maximum Gasteiger partial charge on any atom is 0.167 e. The molecular weight excluding hydrogens is 318 g/mol. The first-order valence-electron chi connectivity index (χ1n) is 5.50. The van der Waals surface area contributed by atoms with E-state index in [9.17, 15) is 8.78 Å². The molecule has 0 aromatic heterocycles. The van der Waals surface area contributed by atoms with Gasteiger partial charge < -0.3 is 9.47 Å². The first-order valence-corrected chi connectivity index (χ1v) is 6.29. The van der Waals surface area contributed by atoms with Crippen LogP contribution in [0.3, 0.4) is 0 Å². The second-order valence-electron chi connectivity index (χ2n) is 3.83. The second-order valence-corrected chi connectivity index (χ2v) is 4.69. The fourth-order valence-electron chi connectivity index (χ4n) is 1.55. The van der Waals surface area contributed by atoms with Crippen molar-refractivity contribution >= 4 is 15.9 Å². The minimum Gasteiger partial charge on any atom is -0.496 e. The summed E-state index contributed by atoms with van der Waals surface area (Å²) in [5.74, 6) is -0.616. The van der Waals surface area contributed by atoms with E-state index in [1.807, 2.05) is 12.1 Å². The zero-order valence-corrected chi connectivity index (χ0v) is 11.7. The average molecular weight is 329 g/mol. The number of hydrogen-bond donors (Lipinski definition) is 0. The molecular formula is C14H11BrF2O2. The molecule has 0 N–H and O–H groups in total. The Bertz CT molecular complexity index is 588. The van der Waals surface area contributed by atoms with Gasteiger partial charge in [-0.25, -0.2) is 8.78 Å². The number of hydrogen-bond acceptors (Lipinski definition) is 2. The Labute approximate surface area is 118 Å². The summed E-state index contributed by atoms with van der Waals surface area (Å²) in [6, 6.07) is 8.62. The molecule has 0 aliphatic heterocycles. The lowest BCUT2D eigenvalue weighted by Gasteiger charge is -2.09. The van der Waals surface area contributed by atoms with Crippen LogP contribution in [0.2, 0.25) is 0 Å². The number of halogens is 3. The molecule has 0 unspecified atom stereocenters. The number of rotatable bonds is 4. The Morgan fingerprint density at radius 2 is 1.79 bits per heavy atom. The van der Waals surface area contributed by atoms with E-state index < -0.39 is 11.6 Å². The van der Waals surface area contributed by atoms with Crippen molar-refractivity contribution in [2.45, 2.75) is 6.61 Å². The Kier molecular flexibility index (Phi) is 4.37. The standard InChI is InChI=1S/C14H11BrF2O2/c1-18-13-4-2-9(6-11(13)15)8-19-14-5-3-10(16)7-12(14)17/h2-7H,8H2,1H3. The van der Waals surface area contributed by atoms with Crippen LogP contribution in [-0.4, -0.2) is 7.11 Å². The van der Waals surface area contributed by atoms with Crippen LogP contribution in [0.25, 0.3) is 0 Å². The molecule has 100 valence electrons. The third-order valence-corrected chi connectivity index (χ3v) is 3.12. The van der Waals surface area contributed by atoms with Gasteiger partial charge in [-0.05, 0) is 45.8 Å². The largest absolute Gasteiger partial charge is 0.496 e. The first-order chi connectivity index (χ1) is 9.10. The fraction of sp³-hybridized carbons (Fsp3) is 0.143. The van der Waals surface area contributed by atoms with Gasteiger partial charge in [-0.3, -0.25) is 0 Å². The summed E-state index contributed by atoms with van der Waals surface area (Å²) in [6.07, 6.45) is 0. The van der Waals surface area contributed by atoms with Crippen molar-refractivity contribution in [2.75, 3.05) is 7.11 Å². The zero-order chi connectivity index (χ0) is 13.8. The lowest BCUT2D eigenvalue weighted by atomic mass is 10.2. The van der Waals surface area contributed by atoms with Crippen molar-refractivity contribution in [3.63, 3.8) is 0 Å². The molecule has 0 atom stereocenters. The SMILES string of the molecule is COc1ccc(COc2ccc(F)cc2F)cc1Br. The van der Waals surface area contributed by atoms with Crippen LogP contribution in [0, 0.1) is 11.6 Å². The summed E-state index contributed by atoms with van der Waals surface area (Å²) >= 11 is 3.35. The van der Waals surface area contributed by atoms with Crippen molar-refractivity contribution in [2.24, 2.45) is 0 Å². The quantitative estimate of drug-likeness (QED) is 0.832. The topological polar surface area (TPSA) is 18.5 Å². The molecule has 2 nitrogen and oxygen atoms in total. The van der Waals surface area contributed by atoms with E-state index in [1.54, 1.807) is 13.2 Å². The molecule has 2 aromatic carbocycles. The molecule has 19 heavy (non-hydrogen) atoms. The van der Waals surface area contributed by atoms with E-state index in [2.05, 4.69) is 15.9 Å². The molecule has 2 rings (SSSR count). The number of benzene rings is 2. The normalized spacial score (nSPS) is 10.3. The molecule has 0 aliphatic carbocycles. The van der Waals surface area contributed by atoms with Crippen LogP contribution in [0.1, 0.15) is 5.56 Å². The van der Waals surface area contributed by atoms with Gasteiger partial charge in [-0.1, -0.05) is 6.07 Å². The Balaban J connectivity index is 2.08. The highest BCUT2D eigenvalue weighted by Gasteiger charge is 2.06. The molecule has 0 heterocycles. The van der Waals surface area contributed by atoms with Gasteiger partial charge in [0.15, 0.2) is 11.6 Å². The summed E-state index contributed by atoms with van der Waals surface area (Å²) in [4.78, 5) is 0. The summed E-state index contributed by atoms with van der Waals surface area (Å²) < 4.78 is 37.3. The van der Waals surface area contributed by atoms with Crippen molar-refractivity contribution < 1.29 is 18.3 Å². The molecule has 0 fully saturated rings. The smallest absolute Gasteiger partial charge is 0.167 e. The average Bonchev–Trinajstić information content (AvgIpc) is 2.38. The van der Waals surface area contributed by atoms with Gasteiger partial charge in [0.1, 0.15) is 18.2 Å². The molecule has 0 bridgehead atoms. The molecule has 0 saturated carbocycles. The van der Waals surface area contributed by atoms with Crippen molar-refractivity contribution in [1.82, 2.24) is 0 Å². The second kappa shape index (κ2) is 6.02. The summed E-state index contributed by atoms with van der Waals surface area (Å²) in [5.41, 5.74) is 0.844. The fourth-order valence-corrected chi connectivity index (χ4v) is 2.14. The minimum atomic E-state index is -0.715. The maximum absolute atomic E-state index is 13.4. The summed E-state index contributed by atoms with van der Waals surface area (Å²) in [7, 11) is 1.57. The van der Waals surface area contributed by atoms with E-state index in [1.165, 1.54) is 6.07 Å². The monoisotopic (exact) mass is 328 g/mol. The van der Waals surface area contributed by atoms with Crippen LogP contribution in [0.15, 0.2) is 40.9 Å². The van der Waals surface area contributed by atoms with E-state index in [0.29, 0.717) is 5.75 Å².